The number of hydrogen-bond donors (Lipinski definition) is 2. The van der Waals surface area contributed by atoms with E-state index in [1.807, 2.05) is 18.2 Å². The SMILES string of the molecule is c1cc2c(cc1CNCc1nn[nH]n1)OCCO2. The summed E-state index contributed by atoms with van der Waals surface area (Å²) < 4.78 is 11.0. The first-order valence-corrected chi connectivity index (χ1v) is 5.73. The Hall–Kier alpha value is -2.15. The van der Waals surface area contributed by atoms with E-state index >= 15 is 0 Å². The first-order chi connectivity index (χ1) is 8.92. The van der Waals surface area contributed by atoms with Gasteiger partial charge < -0.3 is 14.8 Å². The van der Waals surface area contributed by atoms with Gasteiger partial charge in [0.2, 0.25) is 0 Å². The first-order valence-electron chi connectivity index (χ1n) is 5.73. The van der Waals surface area contributed by atoms with Crippen molar-refractivity contribution in [1.82, 2.24) is 25.9 Å². The summed E-state index contributed by atoms with van der Waals surface area (Å²) in [7, 11) is 0. The van der Waals surface area contributed by atoms with Crippen molar-refractivity contribution in [2.24, 2.45) is 0 Å². The lowest BCUT2D eigenvalue weighted by Crippen LogP contribution is -2.17. The van der Waals surface area contributed by atoms with E-state index in [1.54, 1.807) is 0 Å². The Morgan fingerprint density at radius 2 is 2.06 bits per heavy atom. The van der Waals surface area contributed by atoms with Crippen LogP contribution in [-0.2, 0) is 13.1 Å². The monoisotopic (exact) mass is 247 g/mol. The van der Waals surface area contributed by atoms with Gasteiger partial charge in [-0.05, 0) is 17.7 Å². The number of tetrazole rings is 1. The van der Waals surface area contributed by atoms with Gasteiger partial charge in [-0.15, -0.1) is 10.2 Å². The van der Waals surface area contributed by atoms with Crippen molar-refractivity contribution in [3.8, 4) is 11.5 Å². The van der Waals surface area contributed by atoms with Gasteiger partial charge in [-0.25, -0.2) is 0 Å². The first kappa shape index (κ1) is 11.0. The number of rotatable bonds is 4. The Morgan fingerprint density at radius 1 is 1.17 bits per heavy atom. The predicted octanol–water partition coefficient (Wildman–Crippen LogP) is 0.261. The summed E-state index contributed by atoms with van der Waals surface area (Å²) in [5.41, 5.74) is 1.13. The van der Waals surface area contributed by atoms with Crippen LogP contribution >= 0.6 is 0 Å². The van der Waals surface area contributed by atoms with Gasteiger partial charge >= 0.3 is 0 Å². The molecule has 0 fully saturated rings. The van der Waals surface area contributed by atoms with Crippen molar-refractivity contribution in [3.63, 3.8) is 0 Å². The molecule has 1 aliphatic heterocycles. The van der Waals surface area contributed by atoms with Gasteiger partial charge in [-0.1, -0.05) is 11.3 Å². The minimum absolute atomic E-state index is 0.574. The van der Waals surface area contributed by atoms with Gasteiger partial charge in [0.25, 0.3) is 0 Å². The lowest BCUT2D eigenvalue weighted by Gasteiger charge is -2.18. The second-order valence-corrected chi connectivity index (χ2v) is 3.91. The van der Waals surface area contributed by atoms with Crippen molar-refractivity contribution >= 4 is 0 Å². The van der Waals surface area contributed by atoms with Crippen LogP contribution in [-0.4, -0.2) is 33.8 Å². The van der Waals surface area contributed by atoms with Crippen LogP contribution in [0.15, 0.2) is 18.2 Å². The van der Waals surface area contributed by atoms with E-state index in [0.717, 1.165) is 17.1 Å². The van der Waals surface area contributed by atoms with E-state index in [-0.39, 0.29) is 0 Å². The maximum atomic E-state index is 5.52. The number of H-pyrrole nitrogens is 1. The van der Waals surface area contributed by atoms with Crippen molar-refractivity contribution in [1.29, 1.82) is 0 Å². The molecular weight excluding hydrogens is 234 g/mol. The molecule has 1 aromatic carbocycles. The molecule has 0 aliphatic carbocycles. The Balaban J connectivity index is 1.59. The summed E-state index contributed by atoms with van der Waals surface area (Å²) >= 11 is 0. The summed E-state index contributed by atoms with van der Waals surface area (Å²) in [6.07, 6.45) is 0. The van der Waals surface area contributed by atoms with Gasteiger partial charge in [-0.3, -0.25) is 0 Å². The number of ether oxygens (including phenoxy) is 2. The number of benzene rings is 1. The quantitative estimate of drug-likeness (QED) is 0.806. The number of nitrogens with one attached hydrogen (secondary N) is 2. The predicted molar refractivity (Wildman–Crippen MR) is 62.2 cm³/mol. The number of fused-ring (bicyclic) bond motifs is 1. The van der Waals surface area contributed by atoms with Crippen LogP contribution in [0.1, 0.15) is 11.4 Å². The Kier molecular flexibility index (Phi) is 3.05. The maximum Gasteiger partial charge on any atom is 0.188 e. The third-order valence-corrected chi connectivity index (χ3v) is 2.61. The molecule has 1 aliphatic rings. The normalized spacial score (nSPS) is 13.6. The van der Waals surface area contributed by atoms with Crippen LogP contribution in [0, 0.1) is 0 Å². The molecule has 94 valence electrons. The summed E-state index contributed by atoms with van der Waals surface area (Å²) in [5, 5.41) is 16.9. The average Bonchev–Trinajstić information content (AvgIpc) is 2.92. The smallest absolute Gasteiger partial charge is 0.188 e. The number of aromatic amines is 1. The molecule has 1 aromatic heterocycles. The van der Waals surface area contributed by atoms with Crippen LogP contribution in [0.25, 0.3) is 0 Å². The standard InChI is InChI=1S/C11H13N5O2/c1-2-9-10(18-4-3-17-9)5-8(1)6-12-7-11-13-15-16-14-11/h1-2,5,12H,3-4,6-7H2,(H,13,14,15,16). The van der Waals surface area contributed by atoms with Crippen LogP contribution in [0.2, 0.25) is 0 Å². The van der Waals surface area contributed by atoms with Crippen molar-refractivity contribution in [2.75, 3.05) is 13.2 Å². The fourth-order valence-electron chi connectivity index (χ4n) is 1.77. The highest BCUT2D eigenvalue weighted by Gasteiger charge is 2.11. The lowest BCUT2D eigenvalue weighted by atomic mass is 10.2. The van der Waals surface area contributed by atoms with Crippen LogP contribution in [0.3, 0.4) is 0 Å². The molecule has 0 spiro atoms. The number of nitrogens with zero attached hydrogens (tertiary/aromatic N) is 3. The minimum Gasteiger partial charge on any atom is -0.486 e. The average molecular weight is 247 g/mol. The van der Waals surface area contributed by atoms with Crippen molar-refractivity contribution in [2.45, 2.75) is 13.1 Å². The molecule has 18 heavy (non-hydrogen) atoms. The van der Waals surface area contributed by atoms with E-state index in [1.165, 1.54) is 0 Å². The van der Waals surface area contributed by atoms with Crippen molar-refractivity contribution < 1.29 is 9.47 Å². The van der Waals surface area contributed by atoms with Crippen LogP contribution in [0.4, 0.5) is 0 Å². The zero-order valence-corrected chi connectivity index (χ0v) is 9.72. The van der Waals surface area contributed by atoms with E-state index in [2.05, 4.69) is 25.9 Å². The van der Waals surface area contributed by atoms with Crippen LogP contribution < -0.4 is 14.8 Å². The molecule has 2 heterocycles. The summed E-state index contributed by atoms with van der Waals surface area (Å²) in [4.78, 5) is 0. The highest BCUT2D eigenvalue weighted by molar-refractivity contribution is 5.43. The third kappa shape index (κ3) is 2.40. The highest BCUT2D eigenvalue weighted by atomic mass is 16.6. The molecule has 0 unspecified atom stereocenters. The van der Waals surface area contributed by atoms with Gasteiger partial charge in [-0.2, -0.15) is 5.21 Å². The summed E-state index contributed by atoms with van der Waals surface area (Å²) in [6.45, 7) is 2.51. The van der Waals surface area contributed by atoms with Gasteiger partial charge in [0.1, 0.15) is 13.2 Å². The van der Waals surface area contributed by atoms with Gasteiger partial charge in [0.05, 0.1) is 6.54 Å². The van der Waals surface area contributed by atoms with E-state index in [0.29, 0.717) is 32.1 Å². The Morgan fingerprint density at radius 3 is 2.89 bits per heavy atom. The fraction of sp³-hybridized carbons (Fsp3) is 0.364. The molecule has 7 nitrogen and oxygen atoms in total. The zero-order valence-electron chi connectivity index (χ0n) is 9.72. The van der Waals surface area contributed by atoms with E-state index in [4.69, 9.17) is 9.47 Å². The van der Waals surface area contributed by atoms with Crippen molar-refractivity contribution in [3.05, 3.63) is 29.6 Å². The third-order valence-electron chi connectivity index (χ3n) is 2.61. The largest absolute Gasteiger partial charge is 0.486 e. The second-order valence-electron chi connectivity index (χ2n) is 3.91. The molecule has 0 bridgehead atoms. The van der Waals surface area contributed by atoms with Gasteiger partial charge in [0.15, 0.2) is 17.3 Å². The molecule has 0 saturated carbocycles. The molecule has 0 saturated heterocycles. The Labute approximate surface area is 103 Å². The van der Waals surface area contributed by atoms with E-state index in [9.17, 15) is 0 Å². The molecule has 0 atom stereocenters. The molecule has 2 aromatic rings. The molecule has 0 amide bonds. The molecule has 7 heteroatoms. The maximum absolute atomic E-state index is 5.52. The highest BCUT2D eigenvalue weighted by Crippen LogP contribution is 2.30. The Bertz CT molecular complexity index is 514. The van der Waals surface area contributed by atoms with Crippen LogP contribution in [0.5, 0.6) is 11.5 Å². The minimum atomic E-state index is 0.574. The zero-order chi connectivity index (χ0) is 12.2. The second kappa shape index (κ2) is 5.01. The fourth-order valence-corrected chi connectivity index (χ4v) is 1.77. The van der Waals surface area contributed by atoms with Gasteiger partial charge in [0, 0.05) is 6.54 Å². The molecular formula is C11H13N5O2. The lowest BCUT2D eigenvalue weighted by molar-refractivity contribution is 0.171. The summed E-state index contributed by atoms with van der Waals surface area (Å²) in [6, 6.07) is 5.92. The topological polar surface area (TPSA) is 85.0 Å². The number of hydrogen-bond acceptors (Lipinski definition) is 6. The molecule has 0 radical (unpaired) electrons. The summed E-state index contributed by atoms with van der Waals surface area (Å²) in [5.74, 6) is 2.26. The number of aromatic nitrogens is 4. The molecule has 3 rings (SSSR count). The van der Waals surface area contributed by atoms with E-state index < -0.39 is 0 Å². The molecule has 2 N–H and O–H groups in total.